The van der Waals surface area contributed by atoms with Crippen molar-refractivity contribution in [3.63, 3.8) is 0 Å². The fourth-order valence-corrected chi connectivity index (χ4v) is 0.984. The highest BCUT2D eigenvalue weighted by molar-refractivity contribution is 6.68. The number of carbonyl (C=O) groups is 2. The Morgan fingerprint density at radius 2 is 1.07 bits per heavy atom. The Balaban J connectivity index is 0.000000583. The van der Waals surface area contributed by atoms with Crippen LogP contribution in [0.3, 0.4) is 0 Å². The number of benzene rings is 1. The summed E-state index contributed by atoms with van der Waals surface area (Å²) in [6, 6.07) is 5.80. The van der Waals surface area contributed by atoms with Crippen LogP contribution >= 0.6 is 46.4 Å². The van der Waals surface area contributed by atoms with Gasteiger partial charge in [-0.2, -0.15) is 0 Å². The third-order valence-electron chi connectivity index (χ3n) is 1.34. The summed E-state index contributed by atoms with van der Waals surface area (Å²) < 4.78 is 0. The molecule has 0 spiro atoms. The first kappa shape index (κ1) is 14.7. The van der Waals surface area contributed by atoms with E-state index in [1.165, 1.54) is 24.3 Å². The van der Waals surface area contributed by atoms with Crippen molar-refractivity contribution in [2.24, 2.45) is 0 Å². The Bertz CT molecular complexity index is 301. The maximum atomic E-state index is 10.6. The predicted molar refractivity (Wildman–Crippen MR) is 63.4 cm³/mol. The van der Waals surface area contributed by atoms with Crippen LogP contribution in [0.5, 0.6) is 0 Å². The van der Waals surface area contributed by atoms with Crippen molar-refractivity contribution in [1.29, 1.82) is 0 Å². The van der Waals surface area contributed by atoms with Crippen LogP contribution in [0, 0.1) is 0 Å². The van der Waals surface area contributed by atoms with E-state index in [1.54, 1.807) is 0 Å². The number of hydrogen-bond donors (Lipinski definition) is 0. The summed E-state index contributed by atoms with van der Waals surface area (Å²) in [6.07, 6.45) is 0. The average Bonchev–Trinajstić information content (AvgIpc) is 2.19. The van der Waals surface area contributed by atoms with Crippen molar-refractivity contribution in [1.82, 2.24) is 0 Å². The van der Waals surface area contributed by atoms with Crippen LogP contribution in [0.2, 0.25) is 0 Å². The van der Waals surface area contributed by atoms with Gasteiger partial charge in [0.2, 0.25) is 0 Å². The molecule has 0 fully saturated rings. The molecule has 0 unspecified atom stereocenters. The molecular weight excluding hydrogens is 282 g/mol. The molecule has 0 bridgehead atoms. The third-order valence-corrected chi connectivity index (χ3v) is 1.78. The molecule has 0 aliphatic rings. The molecule has 2 nitrogen and oxygen atoms in total. The fraction of sp³-hybridized carbons (Fsp3) is 0.111. The highest BCUT2D eigenvalue weighted by Gasteiger charge is 2.03. The van der Waals surface area contributed by atoms with E-state index in [1.807, 2.05) is 0 Å². The van der Waals surface area contributed by atoms with Gasteiger partial charge in [-0.1, -0.05) is 0 Å². The highest BCUT2D eigenvalue weighted by Crippen LogP contribution is 2.08. The molecule has 15 heavy (non-hydrogen) atoms. The largest absolute Gasteiger partial charge is 0.276 e. The second-order valence-electron chi connectivity index (χ2n) is 2.23. The van der Waals surface area contributed by atoms with E-state index in [0.717, 1.165) is 0 Å². The zero-order chi connectivity index (χ0) is 11.8. The van der Waals surface area contributed by atoms with E-state index in [2.05, 4.69) is 0 Å². The summed E-state index contributed by atoms with van der Waals surface area (Å²) in [5.41, 5.74) is 0.691. The van der Waals surface area contributed by atoms with Gasteiger partial charge in [-0.05, 0) is 47.5 Å². The van der Waals surface area contributed by atoms with Gasteiger partial charge in [0.15, 0.2) is 0 Å². The van der Waals surface area contributed by atoms with Gasteiger partial charge in [0.25, 0.3) is 10.5 Å². The van der Waals surface area contributed by atoms with Gasteiger partial charge in [-0.25, -0.2) is 0 Å². The highest BCUT2D eigenvalue weighted by atomic mass is 35.5. The summed E-state index contributed by atoms with van der Waals surface area (Å²) in [5, 5.41) is -0.910. The van der Waals surface area contributed by atoms with E-state index < -0.39 is 10.5 Å². The van der Waals surface area contributed by atoms with Crippen molar-refractivity contribution < 1.29 is 9.59 Å². The average molecular weight is 288 g/mol. The molecule has 82 valence electrons. The molecule has 1 aromatic rings. The molecule has 1 aromatic carbocycles. The minimum absolute atomic E-state index is 0.194. The van der Waals surface area contributed by atoms with Gasteiger partial charge in [-0.3, -0.25) is 9.59 Å². The Kier molecular flexibility index (Phi) is 7.79. The van der Waals surface area contributed by atoms with Gasteiger partial charge in [-0.15, -0.1) is 23.2 Å². The smallest absolute Gasteiger partial charge is 0.252 e. The molecule has 0 aliphatic carbocycles. The molecule has 0 aromatic heterocycles. The quantitative estimate of drug-likeness (QED) is 0.611. The first-order valence-corrected chi connectivity index (χ1v) is 5.47. The van der Waals surface area contributed by atoms with E-state index in [9.17, 15) is 9.59 Å². The van der Waals surface area contributed by atoms with E-state index >= 15 is 0 Å². The summed E-state index contributed by atoms with van der Waals surface area (Å²) in [6.45, 7) is 0. The summed E-state index contributed by atoms with van der Waals surface area (Å²) in [7, 11) is 0. The number of rotatable bonds is 2. The molecule has 0 atom stereocenters. The van der Waals surface area contributed by atoms with Crippen molar-refractivity contribution in [3.05, 3.63) is 35.4 Å². The number of hydrogen-bond acceptors (Lipinski definition) is 2. The maximum Gasteiger partial charge on any atom is 0.252 e. The Hall–Kier alpha value is -0.280. The van der Waals surface area contributed by atoms with Crippen LogP contribution in [0.25, 0.3) is 0 Å². The molecule has 0 radical (unpaired) electrons. The van der Waals surface area contributed by atoms with Crippen LogP contribution in [-0.4, -0.2) is 15.8 Å². The second-order valence-corrected chi connectivity index (χ2v) is 3.72. The summed E-state index contributed by atoms with van der Waals surface area (Å²) >= 11 is 19.9. The third kappa shape index (κ3) is 6.00. The number of alkyl halides is 2. The minimum atomic E-state index is -0.552. The van der Waals surface area contributed by atoms with Crippen LogP contribution < -0.4 is 0 Å². The summed E-state index contributed by atoms with van der Waals surface area (Å²) in [5.74, 6) is 0. The lowest BCUT2D eigenvalue weighted by atomic mass is 10.2. The van der Waals surface area contributed by atoms with Crippen LogP contribution in [0.1, 0.15) is 20.7 Å². The van der Waals surface area contributed by atoms with Crippen LogP contribution in [-0.2, 0) is 0 Å². The topological polar surface area (TPSA) is 34.1 Å². The van der Waals surface area contributed by atoms with Gasteiger partial charge in [0.1, 0.15) is 0 Å². The lowest BCUT2D eigenvalue weighted by Gasteiger charge is -1.94. The van der Waals surface area contributed by atoms with E-state index in [0.29, 0.717) is 11.1 Å². The molecule has 6 heteroatoms. The molecule has 0 aliphatic heterocycles. The predicted octanol–water partition coefficient (Wildman–Crippen LogP) is 3.87. The van der Waals surface area contributed by atoms with Gasteiger partial charge >= 0.3 is 0 Å². The van der Waals surface area contributed by atoms with Gasteiger partial charge in [0.05, 0.1) is 5.34 Å². The zero-order valence-corrected chi connectivity index (χ0v) is 10.4. The lowest BCUT2D eigenvalue weighted by Crippen LogP contribution is -1.92. The standard InChI is InChI=1S/C8H4Cl2O2.CH2Cl2/c9-7(11)5-1-2-6(4-3-5)8(10)12;2-1-3/h1-4H;1H2. The van der Waals surface area contributed by atoms with E-state index in [4.69, 9.17) is 46.4 Å². The fourth-order valence-electron chi connectivity index (χ4n) is 0.732. The molecule has 0 saturated carbocycles. The molecular formula is C9H6Cl4O2. The zero-order valence-electron chi connectivity index (χ0n) is 7.34. The van der Waals surface area contributed by atoms with Crippen molar-refractivity contribution in [2.45, 2.75) is 0 Å². The number of carbonyl (C=O) groups excluding carboxylic acids is 2. The lowest BCUT2D eigenvalue weighted by molar-refractivity contribution is 0.107. The monoisotopic (exact) mass is 286 g/mol. The first-order chi connectivity index (χ1) is 7.02. The first-order valence-electron chi connectivity index (χ1n) is 3.64. The summed E-state index contributed by atoms with van der Waals surface area (Å²) in [4.78, 5) is 21.1. The molecule has 0 saturated heterocycles. The molecule has 1 rings (SSSR count). The second kappa shape index (κ2) is 7.94. The van der Waals surface area contributed by atoms with E-state index in [-0.39, 0.29) is 5.34 Å². The molecule has 0 amide bonds. The number of halogens is 4. The normalized spacial score (nSPS) is 8.80. The maximum absolute atomic E-state index is 10.6. The van der Waals surface area contributed by atoms with Crippen LogP contribution in [0.4, 0.5) is 0 Å². The van der Waals surface area contributed by atoms with Gasteiger partial charge < -0.3 is 0 Å². The Morgan fingerprint density at radius 1 is 0.867 bits per heavy atom. The minimum Gasteiger partial charge on any atom is -0.276 e. The van der Waals surface area contributed by atoms with Crippen molar-refractivity contribution in [2.75, 3.05) is 5.34 Å². The molecule has 0 N–H and O–H groups in total. The van der Waals surface area contributed by atoms with Crippen molar-refractivity contribution in [3.8, 4) is 0 Å². The Morgan fingerprint density at radius 3 is 1.20 bits per heavy atom. The Labute approximate surface area is 107 Å². The molecule has 0 heterocycles. The SMILES string of the molecule is ClCCl.O=C(Cl)c1ccc(C(=O)Cl)cc1. The van der Waals surface area contributed by atoms with Crippen LogP contribution in [0.15, 0.2) is 24.3 Å². The van der Waals surface area contributed by atoms with Crippen molar-refractivity contribution >= 4 is 56.9 Å². The van der Waals surface area contributed by atoms with Gasteiger partial charge in [0, 0.05) is 11.1 Å².